The number of likely N-dealkylation sites (N-methyl/N-ethyl adjacent to an activating group) is 1. The molecule has 2 saturated heterocycles. The molecule has 0 saturated carbocycles. The van der Waals surface area contributed by atoms with Gasteiger partial charge in [-0.2, -0.15) is 0 Å². The fraction of sp³-hybridized carbons (Fsp3) is 0.271. The molecule has 3 N–H and O–H groups in total. The maximum atomic E-state index is 13.9. The van der Waals surface area contributed by atoms with Crippen LogP contribution in [-0.2, 0) is 14.3 Å². The second-order valence-electron chi connectivity index (χ2n) is 15.4. The van der Waals surface area contributed by atoms with Crippen LogP contribution in [0.1, 0.15) is 83.9 Å². The molecule has 6 aromatic rings. The first-order valence-electron chi connectivity index (χ1n) is 20.3. The Morgan fingerprint density at radius 3 is 1.87 bits per heavy atom. The first-order valence-corrected chi connectivity index (χ1v) is 20.3. The van der Waals surface area contributed by atoms with Crippen LogP contribution in [0.15, 0.2) is 122 Å². The molecule has 2 aliphatic rings. The van der Waals surface area contributed by atoms with Gasteiger partial charge in [-0.05, 0) is 85.6 Å². The summed E-state index contributed by atoms with van der Waals surface area (Å²) in [6, 6.07) is 34.0. The van der Waals surface area contributed by atoms with E-state index in [2.05, 4.69) is 68.5 Å². The van der Waals surface area contributed by atoms with Crippen LogP contribution >= 0.6 is 0 Å². The van der Waals surface area contributed by atoms with Crippen LogP contribution in [0.2, 0.25) is 0 Å². The number of ether oxygens (including phenoxy) is 1. The minimum atomic E-state index is -0.881. The summed E-state index contributed by atoms with van der Waals surface area (Å²) in [5.74, 6) is 7.76. The SMILES string of the molecule is COC(=O)NC(C(=O)N1CCCC1c1ncc(C#Cc2ccc(-c3ccc(-c4cnc(C5CCCN5C(=O)C(c5ccccc5)N(C)C)[nH]4)cc3)cc2)[nH]1)c1ccccc1. The number of hydrogen-bond acceptors (Lipinski definition) is 7. The number of alkyl carbamates (subject to hydrolysis) is 1. The Kier molecular flexibility index (Phi) is 11.9. The monoisotopic (exact) mass is 800 g/mol. The number of nitrogens with one attached hydrogen (secondary N) is 3. The number of imidazole rings is 2. The van der Waals surface area contributed by atoms with Gasteiger partial charge in [-0.15, -0.1) is 0 Å². The Bertz CT molecular complexity index is 2490. The van der Waals surface area contributed by atoms with Gasteiger partial charge in [0.2, 0.25) is 5.91 Å². The summed E-state index contributed by atoms with van der Waals surface area (Å²) in [6.45, 7) is 1.26. The largest absolute Gasteiger partial charge is 0.453 e. The maximum Gasteiger partial charge on any atom is 0.407 e. The van der Waals surface area contributed by atoms with Crippen molar-refractivity contribution in [1.82, 2.24) is 40.0 Å². The molecule has 4 aromatic carbocycles. The lowest BCUT2D eigenvalue weighted by Gasteiger charge is -2.31. The topological polar surface area (TPSA) is 140 Å². The van der Waals surface area contributed by atoms with E-state index in [1.54, 1.807) is 11.1 Å². The quantitative estimate of drug-likeness (QED) is 0.121. The van der Waals surface area contributed by atoms with E-state index in [0.29, 0.717) is 30.2 Å². The molecule has 12 heteroatoms. The lowest BCUT2D eigenvalue weighted by atomic mass is 10.0. The van der Waals surface area contributed by atoms with Gasteiger partial charge in [0.15, 0.2) is 0 Å². The standard InChI is InChI=1S/C48H48N8O4/c1-54(2)43(37-14-8-5-9-15-37)47(58)56-29-11-17-41(56)45-50-31-39(52-45)35-25-23-34(24-26-35)33-21-18-32(19-22-33)20-27-38-30-49-44(51-38)40-16-10-28-55(40)46(57)42(53-48(59)60-3)36-12-6-4-7-13-36/h4-9,12-15,18-19,21-26,30-31,40-43H,10-11,16-17,28-29H2,1-3H3,(H,49,51)(H,50,52)(H,53,59). The van der Waals surface area contributed by atoms with Gasteiger partial charge in [0.05, 0.1) is 37.3 Å². The molecule has 304 valence electrons. The molecule has 2 fully saturated rings. The highest BCUT2D eigenvalue weighted by Crippen LogP contribution is 2.36. The molecule has 4 heterocycles. The van der Waals surface area contributed by atoms with Gasteiger partial charge in [0.25, 0.3) is 5.91 Å². The Morgan fingerprint density at radius 1 is 0.700 bits per heavy atom. The maximum absolute atomic E-state index is 13.9. The molecule has 2 aliphatic heterocycles. The number of likely N-dealkylation sites (tertiary alicyclic amines) is 2. The van der Waals surface area contributed by atoms with Crippen LogP contribution in [0.3, 0.4) is 0 Å². The van der Waals surface area contributed by atoms with Gasteiger partial charge in [-0.1, -0.05) is 103 Å². The summed E-state index contributed by atoms with van der Waals surface area (Å²) in [5, 5.41) is 2.70. The van der Waals surface area contributed by atoms with Crippen LogP contribution in [0.25, 0.3) is 22.4 Å². The van der Waals surface area contributed by atoms with Crippen molar-refractivity contribution in [2.75, 3.05) is 34.3 Å². The van der Waals surface area contributed by atoms with Crippen molar-refractivity contribution in [1.29, 1.82) is 0 Å². The fourth-order valence-electron chi connectivity index (χ4n) is 8.31. The molecule has 4 atom stereocenters. The van der Waals surface area contributed by atoms with Crippen LogP contribution in [0.4, 0.5) is 4.79 Å². The van der Waals surface area contributed by atoms with Crippen molar-refractivity contribution >= 4 is 17.9 Å². The first-order chi connectivity index (χ1) is 29.3. The fourth-order valence-corrected chi connectivity index (χ4v) is 8.31. The number of carbonyl (C=O) groups is 3. The Hall–Kier alpha value is -6.97. The highest BCUT2D eigenvalue weighted by Gasteiger charge is 2.38. The highest BCUT2D eigenvalue weighted by molar-refractivity contribution is 5.87. The average Bonchev–Trinajstić information content (AvgIpc) is 4.13. The Labute approximate surface area is 350 Å². The molecule has 0 spiro atoms. The van der Waals surface area contributed by atoms with Crippen molar-refractivity contribution in [2.45, 2.75) is 49.9 Å². The summed E-state index contributed by atoms with van der Waals surface area (Å²) in [7, 11) is 5.18. The van der Waals surface area contributed by atoms with E-state index < -0.39 is 12.1 Å². The van der Waals surface area contributed by atoms with Gasteiger partial charge in [-0.25, -0.2) is 14.8 Å². The van der Waals surface area contributed by atoms with Gasteiger partial charge < -0.3 is 29.8 Å². The zero-order valence-electron chi connectivity index (χ0n) is 34.0. The molecule has 3 amide bonds. The van der Waals surface area contributed by atoms with Gasteiger partial charge in [-0.3, -0.25) is 14.5 Å². The number of amides is 3. The zero-order chi connectivity index (χ0) is 41.6. The van der Waals surface area contributed by atoms with Crippen LogP contribution < -0.4 is 5.32 Å². The number of hydrogen-bond donors (Lipinski definition) is 3. The van der Waals surface area contributed by atoms with Crippen molar-refractivity contribution < 1.29 is 19.1 Å². The van der Waals surface area contributed by atoms with Crippen molar-refractivity contribution in [3.05, 3.63) is 156 Å². The summed E-state index contributed by atoms with van der Waals surface area (Å²) in [5.41, 5.74) is 7.24. The number of aromatic amines is 2. The summed E-state index contributed by atoms with van der Waals surface area (Å²) in [4.78, 5) is 61.8. The van der Waals surface area contributed by atoms with E-state index in [0.717, 1.165) is 65.0 Å². The van der Waals surface area contributed by atoms with E-state index >= 15 is 0 Å². The lowest BCUT2D eigenvalue weighted by molar-refractivity contribution is -0.137. The van der Waals surface area contributed by atoms with E-state index in [1.165, 1.54) is 7.11 Å². The smallest absolute Gasteiger partial charge is 0.407 e. The number of benzene rings is 4. The molecule has 60 heavy (non-hydrogen) atoms. The average molecular weight is 801 g/mol. The van der Waals surface area contributed by atoms with E-state index in [9.17, 15) is 14.4 Å². The molecule has 4 unspecified atom stereocenters. The molecule has 2 aromatic heterocycles. The number of nitrogens with zero attached hydrogens (tertiary/aromatic N) is 5. The second kappa shape index (κ2) is 17.9. The predicted molar refractivity (Wildman–Crippen MR) is 229 cm³/mol. The third-order valence-corrected chi connectivity index (χ3v) is 11.3. The number of H-pyrrole nitrogens is 2. The van der Waals surface area contributed by atoms with Crippen LogP contribution in [-0.4, -0.2) is 86.8 Å². The molecule has 12 nitrogen and oxygen atoms in total. The van der Waals surface area contributed by atoms with Crippen LogP contribution in [0, 0.1) is 11.8 Å². The first kappa shape index (κ1) is 39.8. The molecule has 0 radical (unpaired) electrons. The summed E-state index contributed by atoms with van der Waals surface area (Å²) in [6.07, 6.45) is 6.24. The normalized spacial score (nSPS) is 17.2. The lowest BCUT2D eigenvalue weighted by Crippen LogP contribution is -2.42. The van der Waals surface area contributed by atoms with E-state index in [1.807, 2.05) is 103 Å². The third-order valence-electron chi connectivity index (χ3n) is 11.3. The van der Waals surface area contributed by atoms with Crippen molar-refractivity contribution in [3.63, 3.8) is 0 Å². The van der Waals surface area contributed by atoms with Gasteiger partial charge in [0.1, 0.15) is 29.4 Å². The molecule has 0 aliphatic carbocycles. The Balaban J connectivity index is 0.903. The summed E-state index contributed by atoms with van der Waals surface area (Å²) >= 11 is 0. The predicted octanol–water partition coefficient (Wildman–Crippen LogP) is 7.59. The van der Waals surface area contributed by atoms with E-state index in [4.69, 9.17) is 9.72 Å². The third kappa shape index (κ3) is 8.58. The number of aromatic nitrogens is 4. The molecular weight excluding hydrogens is 753 g/mol. The summed E-state index contributed by atoms with van der Waals surface area (Å²) < 4.78 is 4.81. The minimum Gasteiger partial charge on any atom is -0.453 e. The number of carbonyl (C=O) groups excluding carboxylic acids is 3. The van der Waals surface area contributed by atoms with Gasteiger partial charge >= 0.3 is 6.09 Å². The van der Waals surface area contributed by atoms with Crippen molar-refractivity contribution in [3.8, 4) is 34.2 Å². The Morgan fingerprint density at radius 2 is 1.25 bits per heavy atom. The highest BCUT2D eigenvalue weighted by atomic mass is 16.5. The molecule has 0 bridgehead atoms. The van der Waals surface area contributed by atoms with Crippen molar-refractivity contribution in [2.24, 2.45) is 0 Å². The molecular formula is C48H48N8O4. The number of methoxy groups -OCH3 is 1. The zero-order valence-corrected chi connectivity index (χ0v) is 34.0. The van der Waals surface area contributed by atoms with Crippen LogP contribution in [0.5, 0.6) is 0 Å². The number of rotatable bonds is 10. The molecule has 8 rings (SSSR count). The minimum absolute atomic E-state index is 0.0927. The van der Waals surface area contributed by atoms with Gasteiger partial charge in [0, 0.05) is 18.7 Å². The van der Waals surface area contributed by atoms with E-state index in [-0.39, 0.29) is 29.9 Å². The second-order valence-corrected chi connectivity index (χ2v) is 15.4.